The molecule has 1 heterocycles. The smallest absolute Gasteiger partial charge is 0.435 e. The molecule has 0 N–H and O–H groups in total. The number of para-hydroxylation sites is 1. The lowest BCUT2D eigenvalue weighted by atomic mass is 10.2. The van der Waals surface area contributed by atoms with Crippen molar-refractivity contribution in [3.63, 3.8) is 0 Å². The zero-order valence-corrected chi connectivity index (χ0v) is 12.7. The van der Waals surface area contributed by atoms with Crippen LogP contribution in [0.1, 0.15) is 11.1 Å². The molecule has 0 radical (unpaired) electrons. The van der Waals surface area contributed by atoms with Gasteiger partial charge < -0.3 is 9.47 Å². The maximum Gasteiger partial charge on any atom is 0.435 e. The molecule has 5 nitrogen and oxygen atoms in total. The molecule has 5 heteroatoms. The van der Waals surface area contributed by atoms with Crippen molar-refractivity contribution in [2.45, 2.75) is 13.5 Å². The van der Waals surface area contributed by atoms with Gasteiger partial charge in [0, 0.05) is 6.20 Å². The highest BCUT2D eigenvalue weighted by Crippen LogP contribution is 2.21. The number of carbonyl (C=O) groups excluding carboxylic acids is 1. The first-order chi connectivity index (χ1) is 11.2. The summed E-state index contributed by atoms with van der Waals surface area (Å²) in [6.45, 7) is 2.05. The van der Waals surface area contributed by atoms with E-state index in [-0.39, 0.29) is 6.61 Å². The van der Waals surface area contributed by atoms with Gasteiger partial charge in [0.2, 0.25) is 0 Å². The standard InChI is InChI=1S/C18H16N2O3/c1-14-11-19-20(12-14)18(21)22-13-15-7-9-17(10-8-15)23-16-5-3-2-4-6-16/h2-12H,13H2,1H3. The average Bonchev–Trinajstić information content (AvgIpc) is 3.01. The van der Waals surface area contributed by atoms with Crippen LogP contribution in [-0.4, -0.2) is 15.9 Å². The van der Waals surface area contributed by atoms with Crippen LogP contribution in [0.2, 0.25) is 0 Å². The lowest BCUT2D eigenvalue weighted by Crippen LogP contribution is -2.13. The largest absolute Gasteiger partial charge is 0.457 e. The van der Waals surface area contributed by atoms with Gasteiger partial charge in [-0.2, -0.15) is 9.78 Å². The van der Waals surface area contributed by atoms with Crippen molar-refractivity contribution in [1.82, 2.24) is 9.78 Å². The van der Waals surface area contributed by atoms with E-state index < -0.39 is 6.09 Å². The Morgan fingerprint density at radius 1 is 1.04 bits per heavy atom. The summed E-state index contributed by atoms with van der Waals surface area (Å²) in [5.41, 5.74) is 1.78. The first-order valence-corrected chi connectivity index (χ1v) is 7.21. The topological polar surface area (TPSA) is 53.4 Å². The van der Waals surface area contributed by atoms with E-state index >= 15 is 0 Å². The van der Waals surface area contributed by atoms with Gasteiger partial charge >= 0.3 is 6.09 Å². The van der Waals surface area contributed by atoms with E-state index in [9.17, 15) is 4.79 Å². The molecule has 0 amide bonds. The molecule has 0 spiro atoms. The first kappa shape index (κ1) is 14.8. The SMILES string of the molecule is Cc1cnn(C(=O)OCc2ccc(Oc3ccccc3)cc2)c1. The van der Waals surface area contributed by atoms with Crippen molar-refractivity contribution in [3.8, 4) is 11.5 Å². The van der Waals surface area contributed by atoms with Gasteiger partial charge in [-0.25, -0.2) is 4.79 Å². The van der Waals surface area contributed by atoms with Crippen LogP contribution in [0.5, 0.6) is 11.5 Å². The molecule has 0 saturated heterocycles. The van der Waals surface area contributed by atoms with E-state index in [4.69, 9.17) is 9.47 Å². The van der Waals surface area contributed by atoms with Gasteiger partial charge in [0.1, 0.15) is 18.1 Å². The van der Waals surface area contributed by atoms with E-state index in [1.165, 1.54) is 4.68 Å². The Labute approximate surface area is 134 Å². The molecule has 3 rings (SSSR count). The molecule has 0 aliphatic heterocycles. The van der Waals surface area contributed by atoms with E-state index in [1.807, 2.05) is 61.5 Å². The normalized spacial score (nSPS) is 10.3. The Morgan fingerprint density at radius 3 is 2.39 bits per heavy atom. The van der Waals surface area contributed by atoms with Crippen molar-refractivity contribution in [3.05, 3.63) is 78.1 Å². The first-order valence-electron chi connectivity index (χ1n) is 7.21. The predicted molar refractivity (Wildman–Crippen MR) is 85.5 cm³/mol. The molecule has 2 aromatic carbocycles. The molecule has 0 aliphatic rings. The van der Waals surface area contributed by atoms with Crippen molar-refractivity contribution >= 4 is 6.09 Å². The highest BCUT2D eigenvalue weighted by atomic mass is 16.6. The van der Waals surface area contributed by atoms with Gasteiger partial charge in [-0.15, -0.1) is 0 Å². The van der Waals surface area contributed by atoms with Gasteiger partial charge in [-0.05, 0) is 42.3 Å². The van der Waals surface area contributed by atoms with E-state index in [1.54, 1.807) is 12.4 Å². The lowest BCUT2D eigenvalue weighted by Gasteiger charge is -2.07. The number of benzene rings is 2. The second-order valence-electron chi connectivity index (χ2n) is 5.08. The number of carbonyl (C=O) groups is 1. The third-order valence-electron chi connectivity index (χ3n) is 3.16. The Hall–Kier alpha value is -3.08. The zero-order valence-electron chi connectivity index (χ0n) is 12.7. The van der Waals surface area contributed by atoms with Gasteiger partial charge in [0.25, 0.3) is 0 Å². The highest BCUT2D eigenvalue weighted by Gasteiger charge is 2.07. The van der Waals surface area contributed by atoms with Gasteiger partial charge in [-0.3, -0.25) is 0 Å². The average molecular weight is 308 g/mol. The molecule has 3 aromatic rings. The lowest BCUT2D eigenvalue weighted by molar-refractivity contribution is 0.138. The van der Waals surface area contributed by atoms with E-state index in [0.717, 1.165) is 22.6 Å². The minimum absolute atomic E-state index is 0.184. The Morgan fingerprint density at radius 2 is 1.74 bits per heavy atom. The Balaban J connectivity index is 1.56. The third-order valence-corrected chi connectivity index (χ3v) is 3.16. The number of nitrogens with zero attached hydrogens (tertiary/aromatic N) is 2. The number of rotatable bonds is 4. The monoisotopic (exact) mass is 308 g/mol. The van der Waals surface area contributed by atoms with Crippen LogP contribution < -0.4 is 4.74 Å². The van der Waals surface area contributed by atoms with Crippen molar-refractivity contribution in [2.75, 3.05) is 0 Å². The van der Waals surface area contributed by atoms with E-state index in [0.29, 0.717) is 0 Å². The van der Waals surface area contributed by atoms with Crippen molar-refractivity contribution < 1.29 is 14.3 Å². The van der Waals surface area contributed by atoms with Crippen molar-refractivity contribution in [1.29, 1.82) is 0 Å². The van der Waals surface area contributed by atoms with Crippen LogP contribution in [0.4, 0.5) is 4.79 Å². The predicted octanol–water partition coefficient (Wildman–Crippen LogP) is 4.17. The van der Waals surface area contributed by atoms with Crippen LogP contribution in [-0.2, 0) is 11.3 Å². The Bertz CT molecular complexity index is 780. The molecular formula is C18H16N2O3. The number of ether oxygens (including phenoxy) is 2. The fourth-order valence-electron chi connectivity index (χ4n) is 2.00. The van der Waals surface area contributed by atoms with Gasteiger partial charge in [0.15, 0.2) is 0 Å². The fraction of sp³-hybridized carbons (Fsp3) is 0.111. The minimum Gasteiger partial charge on any atom is -0.457 e. The summed E-state index contributed by atoms with van der Waals surface area (Å²) in [6, 6.07) is 17.0. The summed E-state index contributed by atoms with van der Waals surface area (Å²) in [5, 5.41) is 3.91. The molecule has 116 valence electrons. The second-order valence-corrected chi connectivity index (χ2v) is 5.08. The maximum absolute atomic E-state index is 11.8. The molecular weight excluding hydrogens is 292 g/mol. The number of aryl methyl sites for hydroxylation is 1. The van der Waals surface area contributed by atoms with Crippen LogP contribution in [0.3, 0.4) is 0 Å². The quantitative estimate of drug-likeness (QED) is 0.726. The second kappa shape index (κ2) is 6.79. The fourth-order valence-corrected chi connectivity index (χ4v) is 2.00. The van der Waals surface area contributed by atoms with Gasteiger partial charge in [-0.1, -0.05) is 30.3 Å². The third kappa shape index (κ3) is 3.97. The molecule has 0 saturated carbocycles. The van der Waals surface area contributed by atoms with Crippen LogP contribution >= 0.6 is 0 Å². The number of hydrogen-bond acceptors (Lipinski definition) is 4. The minimum atomic E-state index is -0.497. The molecule has 0 bridgehead atoms. The highest BCUT2D eigenvalue weighted by molar-refractivity contribution is 5.69. The summed E-state index contributed by atoms with van der Waals surface area (Å²) >= 11 is 0. The molecule has 0 fully saturated rings. The summed E-state index contributed by atoms with van der Waals surface area (Å²) in [5.74, 6) is 1.51. The van der Waals surface area contributed by atoms with E-state index in [2.05, 4.69) is 5.10 Å². The number of hydrogen-bond donors (Lipinski definition) is 0. The Kier molecular flexibility index (Phi) is 4.38. The maximum atomic E-state index is 11.8. The summed E-state index contributed by atoms with van der Waals surface area (Å²) in [6.07, 6.45) is 2.73. The summed E-state index contributed by atoms with van der Waals surface area (Å²) in [7, 11) is 0. The number of aromatic nitrogens is 2. The van der Waals surface area contributed by atoms with Crippen LogP contribution in [0.25, 0.3) is 0 Å². The van der Waals surface area contributed by atoms with Crippen LogP contribution in [0.15, 0.2) is 67.0 Å². The molecule has 23 heavy (non-hydrogen) atoms. The molecule has 0 atom stereocenters. The molecule has 1 aromatic heterocycles. The van der Waals surface area contributed by atoms with Crippen molar-refractivity contribution in [2.24, 2.45) is 0 Å². The molecule has 0 unspecified atom stereocenters. The van der Waals surface area contributed by atoms with Crippen LogP contribution in [0, 0.1) is 6.92 Å². The van der Waals surface area contributed by atoms with Gasteiger partial charge in [0.05, 0.1) is 6.20 Å². The molecule has 0 aliphatic carbocycles. The summed E-state index contributed by atoms with van der Waals surface area (Å²) < 4.78 is 12.1. The zero-order chi connectivity index (χ0) is 16.1. The summed E-state index contributed by atoms with van der Waals surface area (Å²) in [4.78, 5) is 11.8.